The molecule has 0 saturated carbocycles. The summed E-state index contributed by atoms with van der Waals surface area (Å²) in [5.41, 5.74) is 5.90. The average Bonchev–Trinajstić information content (AvgIpc) is 2.61. The lowest BCUT2D eigenvalue weighted by Gasteiger charge is -2.16. The average molecular weight is 333 g/mol. The maximum absolute atomic E-state index is 13.3. The van der Waals surface area contributed by atoms with Gasteiger partial charge >= 0.3 is 0 Å². The molecular weight excluding hydrogens is 313 g/mol. The molecule has 1 heterocycles. The van der Waals surface area contributed by atoms with Crippen molar-refractivity contribution in [2.24, 2.45) is 0 Å². The minimum Gasteiger partial charge on any atom is -0.298 e. The third-order valence-electron chi connectivity index (χ3n) is 4.33. The fourth-order valence-corrected chi connectivity index (χ4v) is 3.01. The number of hydrogen-bond acceptors (Lipinski definition) is 2. The molecule has 0 radical (unpaired) electrons. The van der Waals surface area contributed by atoms with Crippen LogP contribution in [0.15, 0.2) is 54.6 Å². The van der Waals surface area contributed by atoms with Gasteiger partial charge in [0.1, 0.15) is 5.82 Å². The first-order chi connectivity index (χ1) is 12.0. The molecule has 0 N–H and O–H groups in total. The topological polar surface area (TPSA) is 30.0 Å². The quantitative estimate of drug-likeness (QED) is 0.565. The summed E-state index contributed by atoms with van der Waals surface area (Å²) in [5, 5.41) is 0. The van der Waals surface area contributed by atoms with E-state index < -0.39 is 0 Å². The van der Waals surface area contributed by atoms with Crippen LogP contribution in [0.5, 0.6) is 0 Å². The van der Waals surface area contributed by atoms with Gasteiger partial charge in [-0.3, -0.25) is 9.78 Å². The van der Waals surface area contributed by atoms with Gasteiger partial charge in [-0.1, -0.05) is 50.2 Å². The van der Waals surface area contributed by atoms with Crippen LogP contribution in [0.1, 0.15) is 41.4 Å². The van der Waals surface area contributed by atoms with Crippen LogP contribution in [-0.2, 0) is 0 Å². The van der Waals surface area contributed by atoms with E-state index in [1.54, 1.807) is 12.1 Å². The van der Waals surface area contributed by atoms with Crippen molar-refractivity contribution in [3.63, 3.8) is 0 Å². The molecular formula is C22H20FNO. The van der Waals surface area contributed by atoms with Crippen molar-refractivity contribution in [3.8, 4) is 22.4 Å². The first-order valence-electron chi connectivity index (χ1n) is 8.33. The summed E-state index contributed by atoms with van der Waals surface area (Å²) in [6.45, 7) is 6.08. The van der Waals surface area contributed by atoms with E-state index in [9.17, 15) is 9.18 Å². The molecule has 3 rings (SSSR count). The van der Waals surface area contributed by atoms with E-state index in [1.807, 2.05) is 51.1 Å². The van der Waals surface area contributed by atoms with E-state index in [2.05, 4.69) is 0 Å². The number of aldehydes is 1. The number of carbonyl (C=O) groups is 1. The zero-order valence-electron chi connectivity index (χ0n) is 14.6. The molecule has 126 valence electrons. The van der Waals surface area contributed by atoms with Crippen molar-refractivity contribution < 1.29 is 9.18 Å². The molecule has 2 nitrogen and oxygen atoms in total. The van der Waals surface area contributed by atoms with Gasteiger partial charge in [0.15, 0.2) is 6.29 Å². The van der Waals surface area contributed by atoms with Crippen molar-refractivity contribution in [2.45, 2.75) is 26.7 Å². The normalized spacial score (nSPS) is 10.9. The van der Waals surface area contributed by atoms with Crippen molar-refractivity contribution in [1.29, 1.82) is 0 Å². The zero-order valence-corrected chi connectivity index (χ0v) is 14.6. The molecule has 0 fully saturated rings. The van der Waals surface area contributed by atoms with Gasteiger partial charge in [0.2, 0.25) is 0 Å². The van der Waals surface area contributed by atoms with Crippen LogP contribution in [0, 0.1) is 12.7 Å². The van der Waals surface area contributed by atoms with Crippen LogP contribution >= 0.6 is 0 Å². The molecule has 0 bridgehead atoms. The summed E-state index contributed by atoms with van der Waals surface area (Å²) in [5.74, 6) is -0.197. The Bertz CT molecular complexity index is 914. The van der Waals surface area contributed by atoms with E-state index in [1.165, 1.54) is 12.1 Å². The number of rotatable bonds is 4. The van der Waals surface area contributed by atoms with E-state index in [-0.39, 0.29) is 11.7 Å². The molecule has 0 spiro atoms. The Morgan fingerprint density at radius 2 is 1.68 bits per heavy atom. The predicted octanol–water partition coefficient (Wildman–Crippen LogP) is 5.80. The lowest BCUT2D eigenvalue weighted by atomic mass is 9.92. The second-order valence-corrected chi connectivity index (χ2v) is 6.45. The van der Waals surface area contributed by atoms with Gasteiger partial charge in [-0.15, -0.1) is 0 Å². The number of pyridine rings is 1. The van der Waals surface area contributed by atoms with Crippen LogP contribution in [-0.4, -0.2) is 11.3 Å². The number of halogens is 1. The van der Waals surface area contributed by atoms with Gasteiger partial charge in [0, 0.05) is 11.1 Å². The fraction of sp³-hybridized carbons (Fsp3) is 0.182. The summed E-state index contributed by atoms with van der Waals surface area (Å²) < 4.78 is 13.3. The Morgan fingerprint density at radius 1 is 1.00 bits per heavy atom. The first kappa shape index (κ1) is 17.0. The molecule has 0 amide bonds. The first-order valence-corrected chi connectivity index (χ1v) is 8.33. The minimum absolute atomic E-state index is 0.100. The highest BCUT2D eigenvalue weighted by Crippen LogP contribution is 2.33. The van der Waals surface area contributed by atoms with E-state index in [0.717, 1.165) is 39.9 Å². The maximum Gasteiger partial charge on any atom is 0.152 e. The van der Waals surface area contributed by atoms with Gasteiger partial charge in [0.05, 0.1) is 11.4 Å². The second-order valence-electron chi connectivity index (χ2n) is 6.45. The highest BCUT2D eigenvalue weighted by atomic mass is 19.1. The number of nitrogens with zero attached hydrogens (tertiary/aromatic N) is 1. The number of carbonyl (C=O) groups excluding carboxylic acids is 1. The van der Waals surface area contributed by atoms with Gasteiger partial charge in [-0.2, -0.15) is 0 Å². The molecule has 0 aliphatic carbocycles. The van der Waals surface area contributed by atoms with Crippen LogP contribution in [0.25, 0.3) is 22.4 Å². The lowest BCUT2D eigenvalue weighted by Crippen LogP contribution is -2.04. The van der Waals surface area contributed by atoms with E-state index in [4.69, 9.17) is 4.98 Å². The predicted molar refractivity (Wildman–Crippen MR) is 99.3 cm³/mol. The Balaban J connectivity index is 2.30. The lowest BCUT2D eigenvalue weighted by molar-refractivity contribution is 0.112. The monoisotopic (exact) mass is 333 g/mol. The van der Waals surface area contributed by atoms with Crippen LogP contribution in [0.4, 0.5) is 4.39 Å². The molecule has 0 saturated heterocycles. The molecule has 25 heavy (non-hydrogen) atoms. The molecule has 3 heteroatoms. The summed E-state index contributed by atoms with van der Waals surface area (Å²) in [6.07, 6.45) is 0.850. The van der Waals surface area contributed by atoms with Crippen molar-refractivity contribution >= 4 is 6.29 Å². The van der Waals surface area contributed by atoms with Crippen LogP contribution < -0.4 is 0 Å². The third kappa shape index (κ3) is 3.36. The summed E-state index contributed by atoms with van der Waals surface area (Å²) in [6, 6.07) is 16.2. The zero-order chi connectivity index (χ0) is 18.0. The van der Waals surface area contributed by atoms with Crippen molar-refractivity contribution in [2.75, 3.05) is 0 Å². The Hall–Kier alpha value is -2.81. The van der Waals surface area contributed by atoms with E-state index >= 15 is 0 Å². The largest absolute Gasteiger partial charge is 0.298 e. The van der Waals surface area contributed by atoms with Crippen LogP contribution in [0.2, 0.25) is 0 Å². The molecule has 0 atom stereocenters. The van der Waals surface area contributed by atoms with E-state index in [0.29, 0.717) is 5.56 Å². The number of aryl methyl sites for hydroxylation is 1. The minimum atomic E-state index is -0.298. The smallest absolute Gasteiger partial charge is 0.152 e. The van der Waals surface area contributed by atoms with Crippen molar-refractivity contribution in [3.05, 3.63) is 77.2 Å². The summed E-state index contributed by atoms with van der Waals surface area (Å²) >= 11 is 0. The Kier molecular flexibility index (Phi) is 4.75. The molecule has 1 aromatic heterocycles. The molecule has 0 aliphatic rings. The standard InChI is InChI=1S/C22H20FNO/c1-14(2)22-20(13-25)19(16-8-10-17(23)11-9-16)12-21(24-22)18-7-5-4-6-15(18)3/h4-14H,1-3H3. The number of aromatic nitrogens is 1. The fourth-order valence-electron chi connectivity index (χ4n) is 3.01. The molecule has 0 aliphatic heterocycles. The maximum atomic E-state index is 13.3. The van der Waals surface area contributed by atoms with Gasteiger partial charge in [0.25, 0.3) is 0 Å². The third-order valence-corrected chi connectivity index (χ3v) is 4.33. The highest BCUT2D eigenvalue weighted by Gasteiger charge is 2.17. The molecule has 2 aromatic carbocycles. The number of benzene rings is 2. The van der Waals surface area contributed by atoms with Crippen LogP contribution in [0.3, 0.4) is 0 Å². The Labute approximate surface area is 147 Å². The van der Waals surface area contributed by atoms with Gasteiger partial charge in [-0.25, -0.2) is 4.39 Å². The summed E-state index contributed by atoms with van der Waals surface area (Å²) in [4.78, 5) is 16.6. The molecule has 0 unspecified atom stereocenters. The Morgan fingerprint density at radius 3 is 2.28 bits per heavy atom. The van der Waals surface area contributed by atoms with Gasteiger partial charge < -0.3 is 0 Å². The number of hydrogen-bond donors (Lipinski definition) is 0. The summed E-state index contributed by atoms with van der Waals surface area (Å²) in [7, 11) is 0. The SMILES string of the molecule is Cc1ccccc1-c1cc(-c2ccc(F)cc2)c(C=O)c(C(C)C)n1. The van der Waals surface area contributed by atoms with Crippen molar-refractivity contribution in [1.82, 2.24) is 4.98 Å². The second kappa shape index (κ2) is 6.98. The molecule has 3 aromatic rings. The van der Waals surface area contributed by atoms with Gasteiger partial charge in [-0.05, 0) is 47.7 Å². The highest BCUT2D eigenvalue weighted by molar-refractivity contribution is 5.91.